The second-order valence-corrected chi connectivity index (χ2v) is 7.20. The molecule has 0 spiro atoms. The van der Waals surface area contributed by atoms with Gasteiger partial charge in [0.2, 0.25) is 0 Å². The number of carbonyl (C=O) groups is 1. The Morgan fingerprint density at radius 3 is 2.64 bits per heavy atom. The first kappa shape index (κ1) is 20.1. The number of halogens is 1. The number of methoxy groups -OCH3 is 1. The van der Waals surface area contributed by atoms with Crippen molar-refractivity contribution in [3.05, 3.63) is 59.9 Å². The van der Waals surface area contributed by atoms with E-state index in [4.69, 9.17) is 4.74 Å². The summed E-state index contributed by atoms with van der Waals surface area (Å²) in [6.07, 6.45) is 2.01. The van der Waals surface area contributed by atoms with Crippen molar-refractivity contribution in [3.63, 3.8) is 0 Å². The normalized spacial score (nSPS) is 10.8. The molecular formula is C21H22FN3O2S. The van der Waals surface area contributed by atoms with Crippen LogP contribution < -0.4 is 4.74 Å². The Bertz CT molecular complexity index is 941. The highest BCUT2D eigenvalue weighted by Gasteiger charge is 2.16. The summed E-state index contributed by atoms with van der Waals surface area (Å²) in [5.41, 5.74) is 1.30. The Morgan fingerprint density at radius 1 is 1.18 bits per heavy atom. The van der Waals surface area contributed by atoms with E-state index in [1.165, 1.54) is 23.9 Å². The van der Waals surface area contributed by atoms with Gasteiger partial charge in [0.25, 0.3) is 0 Å². The summed E-state index contributed by atoms with van der Waals surface area (Å²) < 4.78 is 20.6. The largest absolute Gasteiger partial charge is 0.497 e. The standard InChI is InChI=1S/C21H22FN3O2S/c1-3-4-12-25-20(15-8-10-18(27-2)11-9-15)23-24-21(25)28-14-19(26)16-6-5-7-17(22)13-16/h5-11,13H,3-4,12,14H2,1-2H3. The molecule has 0 amide bonds. The third-order valence-corrected chi connectivity index (χ3v) is 5.25. The van der Waals surface area contributed by atoms with Gasteiger partial charge >= 0.3 is 0 Å². The quantitative estimate of drug-likeness (QED) is 0.380. The number of hydrogen-bond acceptors (Lipinski definition) is 5. The average molecular weight is 399 g/mol. The number of ether oxygens (including phenoxy) is 1. The van der Waals surface area contributed by atoms with Crippen LogP contribution in [-0.2, 0) is 6.54 Å². The zero-order chi connectivity index (χ0) is 19.9. The van der Waals surface area contributed by atoms with Gasteiger partial charge in [0.15, 0.2) is 16.8 Å². The van der Waals surface area contributed by atoms with Gasteiger partial charge in [-0.25, -0.2) is 4.39 Å². The summed E-state index contributed by atoms with van der Waals surface area (Å²) in [6, 6.07) is 13.4. The number of ketones is 1. The van der Waals surface area contributed by atoms with E-state index in [0.29, 0.717) is 10.7 Å². The average Bonchev–Trinajstić information content (AvgIpc) is 3.13. The Balaban J connectivity index is 1.80. The fourth-order valence-electron chi connectivity index (χ4n) is 2.74. The van der Waals surface area contributed by atoms with Gasteiger partial charge in [0.1, 0.15) is 11.6 Å². The zero-order valence-electron chi connectivity index (χ0n) is 15.9. The topological polar surface area (TPSA) is 57.0 Å². The summed E-state index contributed by atoms with van der Waals surface area (Å²) in [5, 5.41) is 9.31. The highest BCUT2D eigenvalue weighted by Crippen LogP contribution is 2.26. The molecule has 0 aliphatic rings. The molecule has 0 unspecified atom stereocenters. The van der Waals surface area contributed by atoms with Crippen LogP contribution in [0.2, 0.25) is 0 Å². The maximum absolute atomic E-state index is 13.3. The van der Waals surface area contributed by atoms with Crippen LogP contribution >= 0.6 is 11.8 Å². The number of hydrogen-bond donors (Lipinski definition) is 0. The lowest BCUT2D eigenvalue weighted by atomic mass is 10.1. The molecule has 0 atom stereocenters. The lowest BCUT2D eigenvalue weighted by Crippen LogP contribution is -2.06. The van der Waals surface area contributed by atoms with Gasteiger partial charge in [-0.05, 0) is 42.8 Å². The van der Waals surface area contributed by atoms with Crippen molar-refractivity contribution in [2.75, 3.05) is 12.9 Å². The Kier molecular flexibility index (Phi) is 6.81. The minimum atomic E-state index is -0.413. The van der Waals surface area contributed by atoms with Crippen LogP contribution in [0.4, 0.5) is 4.39 Å². The van der Waals surface area contributed by atoms with E-state index in [2.05, 4.69) is 17.1 Å². The van der Waals surface area contributed by atoms with Crippen LogP contribution in [0.25, 0.3) is 11.4 Å². The molecular weight excluding hydrogens is 377 g/mol. The van der Waals surface area contributed by atoms with Crippen molar-refractivity contribution >= 4 is 17.5 Å². The molecule has 7 heteroatoms. The molecule has 1 heterocycles. The van der Waals surface area contributed by atoms with Crippen molar-refractivity contribution in [1.82, 2.24) is 14.8 Å². The van der Waals surface area contributed by atoms with E-state index in [9.17, 15) is 9.18 Å². The van der Waals surface area contributed by atoms with E-state index in [1.807, 2.05) is 28.8 Å². The third kappa shape index (κ3) is 4.78. The molecule has 0 bridgehead atoms. The van der Waals surface area contributed by atoms with Crippen LogP contribution in [0.15, 0.2) is 53.7 Å². The van der Waals surface area contributed by atoms with Crippen molar-refractivity contribution in [3.8, 4) is 17.1 Å². The van der Waals surface area contributed by atoms with Gasteiger partial charge in [-0.1, -0.05) is 37.2 Å². The number of aromatic nitrogens is 3. The molecule has 0 aliphatic heterocycles. The number of thioether (sulfide) groups is 1. The first-order chi connectivity index (χ1) is 13.6. The molecule has 146 valence electrons. The molecule has 0 fully saturated rings. The summed E-state index contributed by atoms with van der Waals surface area (Å²) in [4.78, 5) is 12.4. The molecule has 28 heavy (non-hydrogen) atoms. The van der Waals surface area contributed by atoms with E-state index >= 15 is 0 Å². The fourth-order valence-corrected chi connectivity index (χ4v) is 3.60. The summed E-state index contributed by atoms with van der Waals surface area (Å²) >= 11 is 1.32. The Morgan fingerprint density at radius 2 is 1.96 bits per heavy atom. The van der Waals surface area contributed by atoms with Crippen LogP contribution in [0.5, 0.6) is 5.75 Å². The number of Topliss-reactive ketones (excluding diaryl/α,β-unsaturated/α-hetero) is 1. The first-order valence-corrected chi connectivity index (χ1v) is 10.1. The maximum Gasteiger partial charge on any atom is 0.191 e. The molecule has 2 aromatic carbocycles. The predicted molar refractivity (Wildman–Crippen MR) is 108 cm³/mol. The Labute approximate surface area is 167 Å². The van der Waals surface area contributed by atoms with Gasteiger partial charge in [-0.15, -0.1) is 10.2 Å². The van der Waals surface area contributed by atoms with Crippen LogP contribution in [0.1, 0.15) is 30.1 Å². The minimum Gasteiger partial charge on any atom is -0.497 e. The summed E-state index contributed by atoms with van der Waals surface area (Å²) in [5.74, 6) is 1.16. The number of benzene rings is 2. The van der Waals surface area contributed by atoms with Gasteiger partial charge in [0.05, 0.1) is 12.9 Å². The lowest BCUT2D eigenvalue weighted by Gasteiger charge is -2.10. The molecule has 5 nitrogen and oxygen atoms in total. The van der Waals surface area contributed by atoms with Crippen molar-refractivity contribution in [1.29, 1.82) is 0 Å². The fraction of sp³-hybridized carbons (Fsp3) is 0.286. The van der Waals surface area contributed by atoms with Gasteiger partial charge in [-0.3, -0.25) is 4.79 Å². The molecule has 0 saturated heterocycles. The predicted octanol–water partition coefficient (Wildman–Crippen LogP) is 4.87. The van der Waals surface area contributed by atoms with Gasteiger partial charge in [0, 0.05) is 17.7 Å². The number of unbranched alkanes of at least 4 members (excludes halogenated alkanes) is 1. The number of rotatable bonds is 9. The minimum absolute atomic E-state index is 0.138. The number of carbonyl (C=O) groups excluding carboxylic acids is 1. The second kappa shape index (κ2) is 9.50. The third-order valence-electron chi connectivity index (χ3n) is 4.28. The van der Waals surface area contributed by atoms with E-state index < -0.39 is 5.82 Å². The summed E-state index contributed by atoms with van der Waals surface area (Å²) in [7, 11) is 1.63. The van der Waals surface area contributed by atoms with Gasteiger partial charge < -0.3 is 9.30 Å². The second-order valence-electron chi connectivity index (χ2n) is 6.26. The maximum atomic E-state index is 13.3. The van der Waals surface area contributed by atoms with Crippen molar-refractivity contribution in [2.24, 2.45) is 0 Å². The van der Waals surface area contributed by atoms with E-state index in [-0.39, 0.29) is 11.5 Å². The highest BCUT2D eigenvalue weighted by molar-refractivity contribution is 7.99. The van der Waals surface area contributed by atoms with Gasteiger partial charge in [-0.2, -0.15) is 0 Å². The molecule has 3 rings (SSSR count). The molecule has 0 radical (unpaired) electrons. The first-order valence-electron chi connectivity index (χ1n) is 9.11. The van der Waals surface area contributed by atoms with Crippen LogP contribution in [0.3, 0.4) is 0 Å². The van der Waals surface area contributed by atoms with Crippen LogP contribution in [0, 0.1) is 5.82 Å². The monoisotopic (exact) mass is 399 g/mol. The van der Waals surface area contributed by atoms with Crippen molar-refractivity contribution < 1.29 is 13.9 Å². The molecule has 0 saturated carbocycles. The smallest absolute Gasteiger partial charge is 0.191 e. The van der Waals surface area contributed by atoms with E-state index in [1.54, 1.807) is 19.2 Å². The zero-order valence-corrected chi connectivity index (χ0v) is 16.7. The van der Waals surface area contributed by atoms with Crippen LogP contribution in [-0.4, -0.2) is 33.4 Å². The highest BCUT2D eigenvalue weighted by atomic mass is 32.2. The number of nitrogens with zero attached hydrogens (tertiary/aromatic N) is 3. The lowest BCUT2D eigenvalue weighted by molar-refractivity contribution is 0.102. The molecule has 0 aliphatic carbocycles. The Hall–Kier alpha value is -2.67. The molecule has 3 aromatic rings. The molecule has 1 aromatic heterocycles. The molecule has 0 N–H and O–H groups in total. The summed E-state index contributed by atoms with van der Waals surface area (Å²) in [6.45, 7) is 2.89. The van der Waals surface area contributed by atoms with E-state index in [0.717, 1.165) is 36.5 Å². The van der Waals surface area contributed by atoms with Crippen molar-refractivity contribution in [2.45, 2.75) is 31.5 Å². The SMILES string of the molecule is CCCCn1c(SCC(=O)c2cccc(F)c2)nnc1-c1ccc(OC)cc1.